The van der Waals surface area contributed by atoms with Crippen LogP contribution in [0.4, 0.5) is 11.5 Å². The molecule has 0 aliphatic carbocycles. The van der Waals surface area contributed by atoms with Crippen LogP contribution in [0.5, 0.6) is 0 Å². The zero-order valence-electron chi connectivity index (χ0n) is 12.0. The maximum atomic E-state index is 11.1. The first kappa shape index (κ1) is 16.6. The first-order valence-corrected chi connectivity index (χ1v) is 6.64. The van der Waals surface area contributed by atoms with E-state index in [2.05, 4.69) is 15.3 Å². The number of halogens is 1. The highest BCUT2D eigenvalue weighted by Crippen LogP contribution is 2.31. The molecule has 0 amide bonds. The van der Waals surface area contributed by atoms with Gasteiger partial charge in [0.2, 0.25) is 11.0 Å². The summed E-state index contributed by atoms with van der Waals surface area (Å²) in [5, 5.41) is 23.0. The number of rotatable bonds is 6. The van der Waals surface area contributed by atoms with Crippen LogP contribution in [0.3, 0.4) is 0 Å². The van der Waals surface area contributed by atoms with Gasteiger partial charge in [-0.05, 0) is 19.8 Å². The third-order valence-electron chi connectivity index (χ3n) is 2.51. The van der Waals surface area contributed by atoms with Gasteiger partial charge in [-0.15, -0.1) is 0 Å². The summed E-state index contributed by atoms with van der Waals surface area (Å²) in [7, 11) is 0. The van der Waals surface area contributed by atoms with Crippen LogP contribution in [0.15, 0.2) is 0 Å². The first-order valence-electron chi connectivity index (χ1n) is 6.26. The van der Waals surface area contributed by atoms with Gasteiger partial charge in [0.25, 0.3) is 0 Å². The molecule has 0 radical (unpaired) electrons. The van der Waals surface area contributed by atoms with E-state index >= 15 is 0 Å². The van der Waals surface area contributed by atoms with Gasteiger partial charge in [0, 0.05) is 6.42 Å². The Balaban J connectivity index is 3.28. The first-order chi connectivity index (χ1) is 9.16. The number of nitrogens with zero attached hydrogens (tertiary/aromatic N) is 3. The Bertz CT molecular complexity index is 506. The summed E-state index contributed by atoms with van der Waals surface area (Å²) in [5.41, 5.74) is -1.13. The standard InChI is InChI=1S/C12H19ClN4O3/c1-7(2)5-8-14-10(13)9(17(19)20)11(15-8)16-12(3,4)6-18/h7,18H,5-6H2,1-4H3,(H,14,15,16). The van der Waals surface area contributed by atoms with Crippen LogP contribution in [0, 0.1) is 16.0 Å². The molecule has 0 saturated carbocycles. The molecule has 0 atom stereocenters. The van der Waals surface area contributed by atoms with E-state index in [1.807, 2.05) is 13.8 Å². The van der Waals surface area contributed by atoms with Crippen molar-refractivity contribution in [2.75, 3.05) is 11.9 Å². The Labute approximate surface area is 122 Å². The molecule has 8 heteroatoms. The molecular formula is C12H19ClN4O3. The smallest absolute Gasteiger partial charge is 0.348 e. The van der Waals surface area contributed by atoms with E-state index in [1.165, 1.54) is 0 Å². The van der Waals surface area contributed by atoms with Crippen molar-refractivity contribution < 1.29 is 10.0 Å². The quantitative estimate of drug-likeness (QED) is 0.475. The van der Waals surface area contributed by atoms with Crippen molar-refractivity contribution in [1.82, 2.24) is 9.97 Å². The molecular weight excluding hydrogens is 284 g/mol. The van der Waals surface area contributed by atoms with Gasteiger partial charge in [-0.1, -0.05) is 25.4 Å². The lowest BCUT2D eigenvalue weighted by molar-refractivity contribution is -0.384. The largest absolute Gasteiger partial charge is 0.394 e. The Kier molecular flexibility index (Phi) is 5.24. The van der Waals surface area contributed by atoms with Crippen LogP contribution >= 0.6 is 11.6 Å². The molecule has 112 valence electrons. The highest BCUT2D eigenvalue weighted by Gasteiger charge is 2.28. The van der Waals surface area contributed by atoms with E-state index in [1.54, 1.807) is 13.8 Å². The number of aromatic nitrogens is 2. The van der Waals surface area contributed by atoms with Gasteiger partial charge in [-0.3, -0.25) is 10.1 Å². The molecule has 1 aromatic heterocycles. The van der Waals surface area contributed by atoms with Crippen LogP contribution in [-0.4, -0.2) is 32.1 Å². The van der Waals surface area contributed by atoms with Crippen molar-refractivity contribution in [2.24, 2.45) is 5.92 Å². The highest BCUT2D eigenvalue weighted by atomic mass is 35.5. The number of hydrogen-bond donors (Lipinski definition) is 2. The molecule has 0 aliphatic heterocycles. The van der Waals surface area contributed by atoms with Crippen molar-refractivity contribution in [3.8, 4) is 0 Å². The monoisotopic (exact) mass is 302 g/mol. The molecule has 0 spiro atoms. The molecule has 0 unspecified atom stereocenters. The van der Waals surface area contributed by atoms with E-state index in [4.69, 9.17) is 11.6 Å². The van der Waals surface area contributed by atoms with Crippen molar-refractivity contribution in [3.63, 3.8) is 0 Å². The second-order valence-electron chi connectivity index (χ2n) is 5.65. The summed E-state index contributed by atoms with van der Waals surface area (Å²) in [6, 6.07) is 0. The van der Waals surface area contributed by atoms with Crippen molar-refractivity contribution >= 4 is 23.1 Å². The molecule has 0 fully saturated rings. The third-order valence-corrected chi connectivity index (χ3v) is 2.78. The maximum Gasteiger partial charge on any atom is 0.348 e. The lowest BCUT2D eigenvalue weighted by atomic mass is 10.1. The van der Waals surface area contributed by atoms with Crippen molar-refractivity contribution in [3.05, 3.63) is 21.1 Å². The van der Waals surface area contributed by atoms with Gasteiger partial charge >= 0.3 is 5.69 Å². The number of hydrogen-bond acceptors (Lipinski definition) is 6. The minimum Gasteiger partial charge on any atom is -0.394 e. The maximum absolute atomic E-state index is 11.1. The third kappa shape index (κ3) is 4.28. The second-order valence-corrected chi connectivity index (χ2v) is 6.01. The summed E-state index contributed by atoms with van der Waals surface area (Å²) >= 11 is 5.89. The lowest BCUT2D eigenvalue weighted by Crippen LogP contribution is -2.35. The van der Waals surface area contributed by atoms with Crippen LogP contribution in [-0.2, 0) is 6.42 Å². The Morgan fingerprint density at radius 3 is 2.50 bits per heavy atom. The van der Waals surface area contributed by atoms with Gasteiger partial charge < -0.3 is 10.4 Å². The fourth-order valence-electron chi connectivity index (χ4n) is 1.54. The number of aliphatic hydroxyl groups excluding tert-OH is 1. The zero-order valence-corrected chi connectivity index (χ0v) is 12.7. The molecule has 1 aromatic rings. The van der Waals surface area contributed by atoms with Gasteiger partial charge in [0.15, 0.2) is 0 Å². The summed E-state index contributed by atoms with van der Waals surface area (Å²) < 4.78 is 0. The SMILES string of the molecule is CC(C)Cc1nc(Cl)c([N+](=O)[O-])c(NC(C)(C)CO)n1. The fourth-order valence-corrected chi connectivity index (χ4v) is 1.79. The molecule has 1 heterocycles. The molecule has 0 aliphatic rings. The van der Waals surface area contributed by atoms with Crippen LogP contribution in [0.1, 0.15) is 33.5 Å². The van der Waals surface area contributed by atoms with E-state index in [9.17, 15) is 15.2 Å². The lowest BCUT2D eigenvalue weighted by Gasteiger charge is -2.24. The number of nitrogens with one attached hydrogen (secondary N) is 1. The Morgan fingerprint density at radius 2 is 2.05 bits per heavy atom. The van der Waals surface area contributed by atoms with Crippen LogP contribution < -0.4 is 5.32 Å². The summed E-state index contributed by atoms with van der Waals surface area (Å²) in [6.45, 7) is 7.18. The van der Waals surface area contributed by atoms with E-state index < -0.39 is 10.5 Å². The Morgan fingerprint density at radius 1 is 1.45 bits per heavy atom. The fraction of sp³-hybridized carbons (Fsp3) is 0.667. The molecule has 0 bridgehead atoms. The molecule has 2 N–H and O–H groups in total. The number of anilines is 1. The molecule has 1 rings (SSSR count). The molecule has 7 nitrogen and oxygen atoms in total. The average molecular weight is 303 g/mol. The predicted molar refractivity (Wildman–Crippen MR) is 77.0 cm³/mol. The predicted octanol–water partition coefficient (Wildman–Crippen LogP) is 2.42. The van der Waals surface area contributed by atoms with Gasteiger partial charge in [-0.2, -0.15) is 0 Å². The summed E-state index contributed by atoms with van der Waals surface area (Å²) in [6.07, 6.45) is 0.561. The van der Waals surface area contributed by atoms with E-state index in [0.717, 1.165) is 0 Å². The van der Waals surface area contributed by atoms with Crippen molar-refractivity contribution in [1.29, 1.82) is 0 Å². The molecule has 0 saturated heterocycles. The number of nitro groups is 1. The number of aliphatic hydroxyl groups is 1. The van der Waals surface area contributed by atoms with E-state index in [-0.39, 0.29) is 23.3 Å². The average Bonchev–Trinajstić information content (AvgIpc) is 2.26. The van der Waals surface area contributed by atoms with Gasteiger partial charge in [0.05, 0.1) is 17.1 Å². The van der Waals surface area contributed by atoms with Gasteiger partial charge in [0.1, 0.15) is 5.82 Å². The highest BCUT2D eigenvalue weighted by molar-refractivity contribution is 6.31. The second kappa shape index (κ2) is 6.32. The van der Waals surface area contributed by atoms with Gasteiger partial charge in [-0.25, -0.2) is 9.97 Å². The summed E-state index contributed by atoms with van der Waals surface area (Å²) in [5.74, 6) is 0.766. The minimum atomic E-state index is -0.752. The normalized spacial score (nSPS) is 11.8. The molecule has 0 aromatic carbocycles. The topological polar surface area (TPSA) is 101 Å². The van der Waals surface area contributed by atoms with Crippen LogP contribution in [0.25, 0.3) is 0 Å². The van der Waals surface area contributed by atoms with E-state index in [0.29, 0.717) is 18.2 Å². The summed E-state index contributed by atoms with van der Waals surface area (Å²) in [4.78, 5) is 18.6. The molecule has 20 heavy (non-hydrogen) atoms. The van der Waals surface area contributed by atoms with Crippen molar-refractivity contribution in [2.45, 2.75) is 39.7 Å². The van der Waals surface area contributed by atoms with Crippen LogP contribution in [0.2, 0.25) is 5.15 Å². The minimum absolute atomic E-state index is 0.0321. The Hall–Kier alpha value is -1.47. The zero-order chi connectivity index (χ0) is 15.5.